The lowest BCUT2D eigenvalue weighted by atomic mass is 9.69. The molecular weight excluding hydrogens is 394 g/mol. The summed E-state index contributed by atoms with van der Waals surface area (Å²) in [6.07, 6.45) is 0.489. The van der Waals surface area contributed by atoms with Gasteiger partial charge in [0.15, 0.2) is 0 Å². The van der Waals surface area contributed by atoms with Crippen molar-refractivity contribution in [3.63, 3.8) is 0 Å². The third kappa shape index (κ3) is 5.50. The predicted molar refractivity (Wildman–Crippen MR) is 110 cm³/mol. The Morgan fingerprint density at radius 1 is 1.10 bits per heavy atom. The second kappa shape index (κ2) is 10.6. The van der Waals surface area contributed by atoms with Gasteiger partial charge in [0.25, 0.3) is 0 Å². The van der Waals surface area contributed by atoms with E-state index in [0.717, 1.165) is 10.5 Å². The van der Waals surface area contributed by atoms with Crippen molar-refractivity contribution in [2.75, 3.05) is 13.2 Å². The normalized spacial score (nSPS) is 26.6. The summed E-state index contributed by atoms with van der Waals surface area (Å²) in [5.74, 6) is -2.92. The number of rotatable bonds is 8. The Balaban J connectivity index is 2.45. The van der Waals surface area contributed by atoms with Crippen LogP contribution in [-0.4, -0.2) is 41.4 Å². The Kier molecular flexibility index (Phi) is 8.49. The lowest BCUT2D eigenvalue weighted by molar-refractivity contribution is -0.536. The zero-order valence-electron chi connectivity index (χ0n) is 17.3. The van der Waals surface area contributed by atoms with Gasteiger partial charge in [0.05, 0.1) is 19.1 Å². The molecule has 0 saturated heterocycles. The first-order valence-electron chi connectivity index (χ1n) is 10.0. The molecule has 1 aliphatic carbocycles. The second-order valence-corrected chi connectivity index (χ2v) is 8.44. The molecule has 7 nitrogen and oxygen atoms in total. The molecule has 0 amide bonds. The summed E-state index contributed by atoms with van der Waals surface area (Å²) in [5, 5.41) is 11.5. The lowest BCUT2D eigenvalue weighted by Crippen LogP contribution is -2.53. The molecule has 160 valence electrons. The van der Waals surface area contributed by atoms with Crippen molar-refractivity contribution < 1.29 is 24.0 Å². The van der Waals surface area contributed by atoms with Gasteiger partial charge < -0.3 is 9.47 Å². The fourth-order valence-electron chi connectivity index (χ4n) is 4.03. The van der Waals surface area contributed by atoms with Gasteiger partial charge >= 0.3 is 11.9 Å². The molecule has 1 aromatic rings. The number of hydrogen-bond acceptors (Lipinski definition) is 7. The number of ether oxygens (including phenoxy) is 2. The second-order valence-electron chi connectivity index (χ2n) is 7.19. The van der Waals surface area contributed by atoms with Crippen molar-refractivity contribution in [3.05, 3.63) is 39.9 Å². The Morgan fingerprint density at radius 3 is 2.21 bits per heavy atom. The van der Waals surface area contributed by atoms with Crippen LogP contribution >= 0.6 is 11.8 Å². The van der Waals surface area contributed by atoms with Gasteiger partial charge in [-0.2, -0.15) is 0 Å². The molecule has 2 rings (SSSR count). The van der Waals surface area contributed by atoms with E-state index in [1.54, 1.807) is 13.8 Å². The third-order valence-electron chi connectivity index (χ3n) is 5.37. The molecule has 0 radical (unpaired) electrons. The van der Waals surface area contributed by atoms with Crippen molar-refractivity contribution in [1.29, 1.82) is 0 Å². The van der Waals surface area contributed by atoms with Crippen LogP contribution in [0.15, 0.2) is 29.2 Å². The van der Waals surface area contributed by atoms with E-state index in [9.17, 15) is 19.7 Å². The maximum atomic E-state index is 12.7. The average molecular weight is 424 g/mol. The summed E-state index contributed by atoms with van der Waals surface area (Å²) >= 11 is 1.49. The van der Waals surface area contributed by atoms with Crippen molar-refractivity contribution in [1.82, 2.24) is 0 Å². The standard InChI is InChI=1S/C21H29NO6S/c1-5-15-18(21(24)28-7-3)17(22(25)26)12-16(20(23)27-6-2)19(15)29-14-10-8-13(4)9-11-14/h8-11,15-19H,5-7,12H2,1-4H3/t15-,16+,17-,18-,19-/m0/s1. The van der Waals surface area contributed by atoms with Gasteiger partial charge in [-0.15, -0.1) is 11.8 Å². The fraction of sp³-hybridized carbons (Fsp3) is 0.619. The highest BCUT2D eigenvalue weighted by molar-refractivity contribution is 8.00. The van der Waals surface area contributed by atoms with Gasteiger partial charge in [0.2, 0.25) is 6.04 Å². The number of hydrogen-bond donors (Lipinski definition) is 0. The van der Waals surface area contributed by atoms with Crippen LogP contribution in [0.4, 0.5) is 0 Å². The molecule has 0 bridgehead atoms. The lowest BCUT2D eigenvalue weighted by Gasteiger charge is -2.41. The van der Waals surface area contributed by atoms with Crippen LogP contribution in [0.2, 0.25) is 0 Å². The van der Waals surface area contributed by atoms with Crippen LogP contribution < -0.4 is 0 Å². The van der Waals surface area contributed by atoms with Gasteiger partial charge in [0.1, 0.15) is 5.92 Å². The largest absolute Gasteiger partial charge is 0.466 e. The van der Waals surface area contributed by atoms with E-state index in [1.807, 2.05) is 38.1 Å². The molecule has 29 heavy (non-hydrogen) atoms. The molecule has 0 aliphatic heterocycles. The predicted octanol–water partition coefficient (Wildman–Crippen LogP) is 3.89. The topological polar surface area (TPSA) is 95.7 Å². The molecular formula is C21H29NO6S. The first-order valence-corrected chi connectivity index (χ1v) is 10.9. The van der Waals surface area contributed by atoms with Gasteiger partial charge in [-0.05, 0) is 38.8 Å². The zero-order valence-corrected chi connectivity index (χ0v) is 18.1. The first-order chi connectivity index (χ1) is 13.8. The van der Waals surface area contributed by atoms with Crippen LogP contribution in [0, 0.1) is 34.8 Å². The first kappa shape index (κ1) is 23.2. The van der Waals surface area contributed by atoms with E-state index < -0.39 is 34.7 Å². The quantitative estimate of drug-likeness (QED) is 0.355. The number of nitrogens with zero attached hydrogens (tertiary/aromatic N) is 1. The smallest absolute Gasteiger partial charge is 0.316 e. The van der Waals surface area contributed by atoms with E-state index in [2.05, 4.69) is 0 Å². The zero-order chi connectivity index (χ0) is 21.6. The Bertz CT molecular complexity index is 722. The molecule has 1 fully saturated rings. The maximum Gasteiger partial charge on any atom is 0.316 e. The van der Waals surface area contributed by atoms with Crippen LogP contribution in [-0.2, 0) is 19.1 Å². The number of esters is 2. The number of benzene rings is 1. The summed E-state index contributed by atoms with van der Waals surface area (Å²) < 4.78 is 10.4. The number of carbonyl (C=O) groups excluding carboxylic acids is 2. The summed E-state index contributed by atoms with van der Waals surface area (Å²) in [4.78, 5) is 37.7. The number of carbonyl (C=O) groups is 2. The summed E-state index contributed by atoms with van der Waals surface area (Å²) in [5.41, 5.74) is 1.12. The molecule has 0 unspecified atom stereocenters. The van der Waals surface area contributed by atoms with E-state index in [-0.39, 0.29) is 30.8 Å². The van der Waals surface area contributed by atoms with Crippen LogP contribution in [0.1, 0.15) is 39.2 Å². The summed E-state index contributed by atoms with van der Waals surface area (Å²) in [6.45, 7) is 7.65. The third-order valence-corrected chi connectivity index (χ3v) is 6.87. The fourth-order valence-corrected chi connectivity index (χ4v) is 5.56. The Morgan fingerprint density at radius 2 is 1.69 bits per heavy atom. The van der Waals surface area contributed by atoms with Crippen molar-refractivity contribution >= 4 is 23.7 Å². The molecule has 0 aromatic heterocycles. The van der Waals surface area contributed by atoms with E-state index in [0.29, 0.717) is 6.42 Å². The number of nitro groups is 1. The van der Waals surface area contributed by atoms with E-state index >= 15 is 0 Å². The molecule has 0 heterocycles. The highest BCUT2D eigenvalue weighted by Gasteiger charge is 2.55. The monoisotopic (exact) mass is 423 g/mol. The van der Waals surface area contributed by atoms with Gasteiger partial charge in [-0.3, -0.25) is 19.7 Å². The van der Waals surface area contributed by atoms with Gasteiger partial charge in [-0.1, -0.05) is 31.0 Å². The summed E-state index contributed by atoms with van der Waals surface area (Å²) in [6, 6.07) is 6.73. The Hall–Kier alpha value is -2.09. The molecule has 1 aromatic carbocycles. The number of thioether (sulfide) groups is 1. The SMILES string of the molecule is CCOC(=O)[C@H]1[C@H](CC)[C@H](Sc2ccc(C)cc2)[C@H](C(=O)OCC)C[C@@H]1[N+](=O)[O-]. The molecule has 1 saturated carbocycles. The molecule has 0 N–H and O–H groups in total. The Labute approximate surface area is 175 Å². The summed E-state index contributed by atoms with van der Waals surface area (Å²) in [7, 11) is 0. The van der Waals surface area contributed by atoms with Crippen LogP contribution in [0.5, 0.6) is 0 Å². The van der Waals surface area contributed by atoms with Gasteiger partial charge in [0, 0.05) is 21.5 Å². The highest BCUT2D eigenvalue weighted by atomic mass is 32.2. The van der Waals surface area contributed by atoms with E-state index in [4.69, 9.17) is 9.47 Å². The minimum absolute atomic E-state index is 0.0324. The van der Waals surface area contributed by atoms with Crippen molar-refractivity contribution in [2.24, 2.45) is 17.8 Å². The molecule has 5 atom stereocenters. The average Bonchev–Trinajstić information content (AvgIpc) is 2.69. The van der Waals surface area contributed by atoms with Crippen molar-refractivity contribution in [2.45, 2.75) is 56.7 Å². The molecule has 8 heteroatoms. The minimum Gasteiger partial charge on any atom is -0.466 e. The number of aryl methyl sites for hydroxylation is 1. The van der Waals surface area contributed by atoms with Crippen LogP contribution in [0.25, 0.3) is 0 Å². The minimum atomic E-state index is -1.16. The highest BCUT2D eigenvalue weighted by Crippen LogP contribution is 2.47. The maximum absolute atomic E-state index is 12.7. The molecule has 0 spiro atoms. The van der Waals surface area contributed by atoms with Crippen LogP contribution in [0.3, 0.4) is 0 Å². The van der Waals surface area contributed by atoms with Crippen molar-refractivity contribution in [3.8, 4) is 0 Å². The molecule has 1 aliphatic rings. The van der Waals surface area contributed by atoms with Gasteiger partial charge in [-0.25, -0.2) is 0 Å². The van der Waals surface area contributed by atoms with E-state index in [1.165, 1.54) is 11.8 Å².